The second-order valence-corrected chi connectivity index (χ2v) is 6.61. The quantitative estimate of drug-likeness (QED) is 0.834. The normalized spacial score (nSPS) is 13.6. The molecule has 2 amide bonds. The molecule has 25 heavy (non-hydrogen) atoms. The van der Waals surface area contributed by atoms with Crippen molar-refractivity contribution in [2.45, 2.75) is 17.7 Å². The van der Waals surface area contributed by atoms with Crippen LogP contribution in [-0.4, -0.2) is 24.1 Å². The summed E-state index contributed by atoms with van der Waals surface area (Å²) in [4.78, 5) is 27.0. The van der Waals surface area contributed by atoms with E-state index in [1.54, 1.807) is 23.1 Å². The number of hydrogen-bond acceptors (Lipinski definition) is 4. The van der Waals surface area contributed by atoms with Gasteiger partial charge in [-0.1, -0.05) is 18.2 Å². The molecule has 1 fully saturated rings. The molecule has 0 aromatic heterocycles. The first-order valence-corrected chi connectivity index (χ1v) is 8.98. The molecule has 2 aromatic rings. The molecule has 1 N–H and O–H groups in total. The SMILES string of the molecule is N#CCSc1ccccc1C(=O)Nc1cccc(N2CCCC2=O)c1. The predicted molar refractivity (Wildman–Crippen MR) is 98.8 cm³/mol. The van der Waals surface area contributed by atoms with Crippen molar-refractivity contribution in [3.05, 3.63) is 54.1 Å². The van der Waals surface area contributed by atoms with Gasteiger partial charge in [0, 0.05) is 29.2 Å². The lowest BCUT2D eigenvalue weighted by Gasteiger charge is -2.17. The maximum Gasteiger partial charge on any atom is 0.256 e. The van der Waals surface area contributed by atoms with E-state index in [1.165, 1.54) is 11.8 Å². The minimum absolute atomic E-state index is 0.113. The van der Waals surface area contributed by atoms with E-state index in [0.717, 1.165) is 17.0 Å². The van der Waals surface area contributed by atoms with Crippen molar-refractivity contribution < 1.29 is 9.59 Å². The van der Waals surface area contributed by atoms with Gasteiger partial charge in [0.1, 0.15) is 0 Å². The molecule has 1 heterocycles. The van der Waals surface area contributed by atoms with Crippen LogP contribution in [-0.2, 0) is 4.79 Å². The number of hydrogen-bond donors (Lipinski definition) is 1. The molecular weight excluding hydrogens is 334 g/mol. The summed E-state index contributed by atoms with van der Waals surface area (Å²) in [7, 11) is 0. The fourth-order valence-corrected chi connectivity index (χ4v) is 3.47. The molecule has 2 aromatic carbocycles. The van der Waals surface area contributed by atoms with Gasteiger partial charge in [-0.2, -0.15) is 5.26 Å². The van der Waals surface area contributed by atoms with E-state index in [2.05, 4.69) is 11.4 Å². The number of carbonyl (C=O) groups excluding carboxylic acids is 2. The zero-order valence-corrected chi connectivity index (χ0v) is 14.4. The standard InChI is InChI=1S/C19H17N3O2S/c20-10-12-25-17-8-2-1-7-16(17)19(24)21-14-5-3-6-15(13-14)22-11-4-9-18(22)23/h1-3,5-8,13H,4,9,11-12H2,(H,21,24). The Kier molecular flexibility index (Phi) is 5.36. The Morgan fingerprint density at radius 3 is 2.84 bits per heavy atom. The van der Waals surface area contributed by atoms with E-state index in [1.807, 2.05) is 30.3 Å². The number of benzene rings is 2. The van der Waals surface area contributed by atoms with Gasteiger partial charge in [0.25, 0.3) is 5.91 Å². The third kappa shape index (κ3) is 4.01. The van der Waals surface area contributed by atoms with Crippen molar-refractivity contribution in [3.8, 4) is 6.07 Å². The number of nitriles is 1. The third-order valence-electron chi connectivity index (χ3n) is 3.91. The largest absolute Gasteiger partial charge is 0.322 e. The molecule has 5 nitrogen and oxygen atoms in total. The number of amides is 2. The average Bonchev–Trinajstić information content (AvgIpc) is 3.06. The van der Waals surface area contributed by atoms with Gasteiger partial charge in [0.2, 0.25) is 5.91 Å². The van der Waals surface area contributed by atoms with Crippen LogP contribution in [0.5, 0.6) is 0 Å². The monoisotopic (exact) mass is 351 g/mol. The van der Waals surface area contributed by atoms with Gasteiger partial charge < -0.3 is 10.2 Å². The molecule has 126 valence electrons. The fraction of sp³-hybridized carbons (Fsp3) is 0.211. The van der Waals surface area contributed by atoms with E-state index in [4.69, 9.17) is 5.26 Å². The summed E-state index contributed by atoms with van der Waals surface area (Å²) in [5.74, 6) is 0.171. The van der Waals surface area contributed by atoms with Crippen LogP contribution < -0.4 is 10.2 Å². The lowest BCUT2D eigenvalue weighted by Crippen LogP contribution is -2.23. The highest BCUT2D eigenvalue weighted by molar-refractivity contribution is 7.99. The van der Waals surface area contributed by atoms with Gasteiger partial charge in [0.05, 0.1) is 17.4 Å². The van der Waals surface area contributed by atoms with E-state index < -0.39 is 0 Å². The number of thioether (sulfide) groups is 1. The van der Waals surface area contributed by atoms with Gasteiger partial charge in [-0.3, -0.25) is 9.59 Å². The number of carbonyl (C=O) groups is 2. The molecule has 0 bridgehead atoms. The molecule has 1 saturated heterocycles. The first-order valence-electron chi connectivity index (χ1n) is 7.99. The Bertz CT molecular complexity index is 845. The van der Waals surface area contributed by atoms with E-state index in [9.17, 15) is 9.59 Å². The summed E-state index contributed by atoms with van der Waals surface area (Å²) in [6, 6.07) is 16.6. The van der Waals surface area contributed by atoms with Crippen LogP contribution in [0.1, 0.15) is 23.2 Å². The highest BCUT2D eigenvalue weighted by atomic mass is 32.2. The zero-order chi connectivity index (χ0) is 17.6. The molecule has 0 atom stereocenters. The highest BCUT2D eigenvalue weighted by Gasteiger charge is 2.22. The molecule has 6 heteroatoms. The van der Waals surface area contributed by atoms with Gasteiger partial charge in [0.15, 0.2) is 0 Å². The molecule has 0 spiro atoms. The van der Waals surface area contributed by atoms with Crippen LogP contribution in [0.4, 0.5) is 11.4 Å². The average molecular weight is 351 g/mol. The summed E-state index contributed by atoms with van der Waals surface area (Å²) in [6.07, 6.45) is 1.43. The second-order valence-electron chi connectivity index (χ2n) is 5.60. The van der Waals surface area contributed by atoms with Crippen molar-refractivity contribution >= 4 is 35.0 Å². The Morgan fingerprint density at radius 1 is 1.24 bits per heavy atom. The van der Waals surface area contributed by atoms with Crippen LogP contribution in [0, 0.1) is 11.3 Å². The lowest BCUT2D eigenvalue weighted by molar-refractivity contribution is -0.117. The maximum absolute atomic E-state index is 12.6. The Hall–Kier alpha value is -2.78. The van der Waals surface area contributed by atoms with Gasteiger partial charge in [-0.25, -0.2) is 0 Å². The Balaban J connectivity index is 1.78. The topological polar surface area (TPSA) is 73.2 Å². The van der Waals surface area contributed by atoms with Gasteiger partial charge in [-0.15, -0.1) is 11.8 Å². The Labute approximate surface area is 150 Å². The molecule has 1 aliphatic rings. The Morgan fingerprint density at radius 2 is 2.08 bits per heavy atom. The van der Waals surface area contributed by atoms with Crippen molar-refractivity contribution in [3.63, 3.8) is 0 Å². The predicted octanol–water partition coefficient (Wildman–Crippen LogP) is 3.68. The van der Waals surface area contributed by atoms with E-state index >= 15 is 0 Å². The van der Waals surface area contributed by atoms with Gasteiger partial charge in [-0.05, 0) is 36.8 Å². The molecule has 3 rings (SSSR count). The lowest BCUT2D eigenvalue weighted by atomic mass is 10.2. The number of nitrogens with zero attached hydrogens (tertiary/aromatic N) is 2. The van der Waals surface area contributed by atoms with Crippen molar-refractivity contribution in [2.75, 3.05) is 22.5 Å². The summed E-state index contributed by atoms with van der Waals surface area (Å²) < 4.78 is 0. The fourth-order valence-electron chi connectivity index (χ4n) is 2.76. The maximum atomic E-state index is 12.6. The molecule has 1 aliphatic heterocycles. The van der Waals surface area contributed by atoms with Crippen molar-refractivity contribution in [1.82, 2.24) is 0 Å². The minimum atomic E-state index is -0.231. The number of rotatable bonds is 5. The molecule has 0 saturated carbocycles. The van der Waals surface area contributed by atoms with Crippen LogP contribution in [0.25, 0.3) is 0 Å². The number of anilines is 2. The summed E-state index contributed by atoms with van der Waals surface area (Å²) in [5.41, 5.74) is 1.97. The second kappa shape index (κ2) is 7.86. The molecule has 0 unspecified atom stereocenters. The first-order chi connectivity index (χ1) is 12.2. The van der Waals surface area contributed by atoms with Crippen LogP contribution >= 0.6 is 11.8 Å². The van der Waals surface area contributed by atoms with Crippen LogP contribution in [0.3, 0.4) is 0 Å². The van der Waals surface area contributed by atoms with Crippen molar-refractivity contribution in [1.29, 1.82) is 5.26 Å². The minimum Gasteiger partial charge on any atom is -0.322 e. The number of nitrogens with one attached hydrogen (secondary N) is 1. The third-order valence-corrected chi connectivity index (χ3v) is 4.85. The van der Waals surface area contributed by atoms with Crippen LogP contribution in [0.15, 0.2) is 53.4 Å². The first kappa shape index (κ1) is 17.1. The summed E-state index contributed by atoms with van der Waals surface area (Å²) in [6.45, 7) is 0.712. The van der Waals surface area contributed by atoms with Crippen LogP contribution in [0.2, 0.25) is 0 Å². The highest BCUT2D eigenvalue weighted by Crippen LogP contribution is 2.26. The summed E-state index contributed by atoms with van der Waals surface area (Å²) in [5, 5.41) is 11.6. The van der Waals surface area contributed by atoms with Crippen molar-refractivity contribution in [2.24, 2.45) is 0 Å². The molecule has 0 radical (unpaired) electrons. The van der Waals surface area contributed by atoms with Gasteiger partial charge >= 0.3 is 0 Å². The van der Waals surface area contributed by atoms with E-state index in [0.29, 0.717) is 24.2 Å². The molecular formula is C19H17N3O2S. The van der Waals surface area contributed by atoms with E-state index in [-0.39, 0.29) is 17.6 Å². The summed E-state index contributed by atoms with van der Waals surface area (Å²) >= 11 is 1.33. The zero-order valence-electron chi connectivity index (χ0n) is 13.6. The molecule has 0 aliphatic carbocycles. The smallest absolute Gasteiger partial charge is 0.256 e.